The van der Waals surface area contributed by atoms with Crippen LogP contribution in [-0.2, 0) is 24.3 Å². The molecule has 0 radical (unpaired) electrons. The summed E-state index contributed by atoms with van der Waals surface area (Å²) >= 11 is 0. The van der Waals surface area contributed by atoms with Gasteiger partial charge in [-0.15, -0.1) is 12.8 Å². The van der Waals surface area contributed by atoms with Crippen LogP contribution in [0.1, 0.15) is 62.6 Å². The van der Waals surface area contributed by atoms with Crippen molar-refractivity contribution in [1.29, 1.82) is 0 Å². The molecule has 4 aromatic rings. The van der Waals surface area contributed by atoms with Crippen molar-refractivity contribution in [3.8, 4) is 24.0 Å². The van der Waals surface area contributed by atoms with E-state index in [4.69, 9.17) is 15.1 Å². The number of benzene rings is 2. The lowest BCUT2D eigenvalue weighted by Gasteiger charge is -2.33. The molecule has 234 valence electrons. The van der Waals surface area contributed by atoms with Gasteiger partial charge in [0.1, 0.15) is 0 Å². The van der Waals surface area contributed by atoms with Crippen LogP contribution in [0.25, 0.3) is 22.0 Å². The maximum Gasteiger partial charge on any atom is 0.307 e. The van der Waals surface area contributed by atoms with Crippen molar-refractivity contribution in [2.24, 2.45) is 0 Å². The van der Waals surface area contributed by atoms with E-state index < -0.39 is 11.6 Å². The summed E-state index contributed by atoms with van der Waals surface area (Å²) in [5, 5.41) is 19.5. The molecule has 0 atom stereocenters. The number of carbonyl (C=O) groups is 1. The number of rotatable bonds is 8. The molecule has 8 nitrogen and oxygen atoms in total. The number of hydrogen-bond donors (Lipinski definition) is 2. The standard InChI is InChI=1S/C30H35N5O2.C4H10O.C2H2/c1-6-33(7-2)18-22-16-31-30(32-17-22)35-13-12-34-20(4)14-25-27(23-10-8-19(3)9-11-23)24(15-26(36)37)21(5)28(35)29(25)34;1-4(2,3)5;1-2/h8-11,14,16-17H,6-7,12-13,15,18H2,1-5H3,(H,36,37);5H,1-3H3;1-2H. The van der Waals surface area contributed by atoms with Crippen LogP contribution in [0.4, 0.5) is 11.6 Å². The lowest BCUT2D eigenvalue weighted by molar-refractivity contribution is -0.136. The molecule has 0 unspecified atom stereocenters. The normalized spacial score (nSPS) is 12.4. The largest absolute Gasteiger partial charge is 0.481 e. The van der Waals surface area contributed by atoms with Crippen molar-refractivity contribution in [3.63, 3.8) is 0 Å². The molecule has 0 fully saturated rings. The molecule has 5 rings (SSSR count). The highest BCUT2D eigenvalue weighted by Gasteiger charge is 2.30. The van der Waals surface area contributed by atoms with Crippen molar-refractivity contribution in [2.75, 3.05) is 24.5 Å². The van der Waals surface area contributed by atoms with Gasteiger partial charge in [0.15, 0.2) is 0 Å². The number of hydrogen-bond acceptors (Lipinski definition) is 6. The molecule has 0 saturated heterocycles. The van der Waals surface area contributed by atoms with Gasteiger partial charge in [0.25, 0.3) is 0 Å². The Bertz CT molecular complexity index is 1590. The minimum absolute atomic E-state index is 0.0419. The first-order chi connectivity index (χ1) is 20.8. The van der Waals surface area contributed by atoms with Crippen LogP contribution >= 0.6 is 0 Å². The third-order valence-corrected chi connectivity index (χ3v) is 7.63. The lowest BCUT2D eigenvalue weighted by Crippen LogP contribution is -2.30. The monoisotopic (exact) mass is 597 g/mol. The van der Waals surface area contributed by atoms with E-state index in [0.29, 0.717) is 5.95 Å². The molecule has 0 spiro atoms. The van der Waals surface area contributed by atoms with E-state index in [1.807, 2.05) is 19.3 Å². The van der Waals surface area contributed by atoms with Gasteiger partial charge in [-0.2, -0.15) is 0 Å². The lowest BCUT2D eigenvalue weighted by atomic mass is 9.88. The summed E-state index contributed by atoms with van der Waals surface area (Å²) in [6, 6.07) is 10.6. The fraction of sp³-hybridized carbons (Fsp3) is 0.417. The van der Waals surface area contributed by atoms with Crippen LogP contribution in [0, 0.1) is 33.6 Å². The fourth-order valence-electron chi connectivity index (χ4n) is 5.62. The SMILES string of the molecule is C#C.CC(C)(C)O.CCN(CC)Cc1cnc(N2CCn3c(C)cc4c(-c5ccc(C)cc5)c(CC(=O)O)c(C)c2c43)nc1. The number of nitrogens with zero attached hydrogens (tertiary/aromatic N) is 5. The first kappa shape index (κ1) is 34.3. The summed E-state index contributed by atoms with van der Waals surface area (Å²) in [5.41, 5.74) is 8.95. The minimum atomic E-state index is -0.835. The van der Waals surface area contributed by atoms with E-state index in [-0.39, 0.29) is 6.42 Å². The highest BCUT2D eigenvalue weighted by Crippen LogP contribution is 2.46. The Morgan fingerprint density at radius 3 is 2.09 bits per heavy atom. The van der Waals surface area contributed by atoms with E-state index in [1.165, 1.54) is 11.3 Å². The third kappa shape index (κ3) is 7.85. The predicted octanol–water partition coefficient (Wildman–Crippen LogP) is 6.67. The van der Waals surface area contributed by atoms with Gasteiger partial charge in [0.2, 0.25) is 5.95 Å². The van der Waals surface area contributed by atoms with E-state index >= 15 is 0 Å². The van der Waals surface area contributed by atoms with Gasteiger partial charge >= 0.3 is 5.97 Å². The van der Waals surface area contributed by atoms with E-state index in [0.717, 1.165) is 77.1 Å². The third-order valence-electron chi connectivity index (χ3n) is 7.63. The highest BCUT2D eigenvalue weighted by atomic mass is 16.4. The molecule has 2 aromatic heterocycles. The molecular formula is C36H47N5O3. The van der Waals surface area contributed by atoms with Crippen LogP contribution in [0.2, 0.25) is 0 Å². The van der Waals surface area contributed by atoms with Gasteiger partial charge < -0.3 is 19.7 Å². The van der Waals surface area contributed by atoms with Gasteiger partial charge in [-0.25, -0.2) is 9.97 Å². The Morgan fingerprint density at radius 1 is 1.00 bits per heavy atom. The summed E-state index contributed by atoms with van der Waals surface area (Å²) < 4.78 is 2.35. The topological polar surface area (TPSA) is 94.7 Å². The molecule has 0 saturated carbocycles. The van der Waals surface area contributed by atoms with Crippen LogP contribution < -0.4 is 4.90 Å². The fourth-order valence-corrected chi connectivity index (χ4v) is 5.62. The van der Waals surface area contributed by atoms with Gasteiger partial charge in [-0.3, -0.25) is 9.69 Å². The molecule has 2 aromatic carbocycles. The van der Waals surface area contributed by atoms with Crippen molar-refractivity contribution < 1.29 is 15.0 Å². The van der Waals surface area contributed by atoms with Crippen LogP contribution in [-0.4, -0.2) is 60.9 Å². The maximum atomic E-state index is 12.1. The van der Waals surface area contributed by atoms with Crippen molar-refractivity contribution in [2.45, 2.75) is 80.5 Å². The molecule has 3 heterocycles. The van der Waals surface area contributed by atoms with Gasteiger partial charge in [-0.05, 0) is 83.0 Å². The molecule has 8 heteroatoms. The molecule has 44 heavy (non-hydrogen) atoms. The molecule has 2 N–H and O–H groups in total. The number of carboxylic acid groups (broad SMARTS) is 1. The smallest absolute Gasteiger partial charge is 0.307 e. The van der Waals surface area contributed by atoms with Crippen molar-refractivity contribution in [3.05, 3.63) is 70.7 Å². The first-order valence-corrected chi connectivity index (χ1v) is 15.1. The molecule has 0 aliphatic carbocycles. The van der Waals surface area contributed by atoms with E-state index in [2.05, 4.69) is 85.2 Å². The zero-order valence-corrected chi connectivity index (χ0v) is 27.5. The molecular weight excluding hydrogens is 550 g/mol. The second kappa shape index (κ2) is 14.5. The Hall–Kier alpha value is -4.19. The second-order valence-corrected chi connectivity index (χ2v) is 12.1. The Kier molecular flexibility index (Phi) is 11.3. The highest BCUT2D eigenvalue weighted by molar-refractivity contribution is 6.08. The zero-order valence-electron chi connectivity index (χ0n) is 27.5. The summed E-state index contributed by atoms with van der Waals surface area (Å²) in [4.78, 5) is 26.1. The Morgan fingerprint density at radius 2 is 1.57 bits per heavy atom. The summed E-state index contributed by atoms with van der Waals surface area (Å²) in [7, 11) is 0. The zero-order chi connectivity index (χ0) is 32.8. The van der Waals surface area contributed by atoms with E-state index in [1.54, 1.807) is 20.8 Å². The van der Waals surface area contributed by atoms with Crippen LogP contribution in [0.3, 0.4) is 0 Å². The number of terminal acetylenes is 1. The average molecular weight is 598 g/mol. The van der Waals surface area contributed by atoms with Gasteiger partial charge in [-0.1, -0.05) is 43.7 Å². The summed E-state index contributed by atoms with van der Waals surface area (Å²) in [5.74, 6) is -0.180. The number of aliphatic hydroxyl groups is 1. The number of anilines is 2. The Labute approximate surface area is 262 Å². The summed E-state index contributed by atoms with van der Waals surface area (Å²) in [6.45, 7) is 20.1. The van der Waals surface area contributed by atoms with Crippen molar-refractivity contribution >= 4 is 28.5 Å². The van der Waals surface area contributed by atoms with Gasteiger partial charge in [0.05, 0.1) is 23.2 Å². The molecule has 1 aliphatic heterocycles. The van der Waals surface area contributed by atoms with E-state index in [9.17, 15) is 9.90 Å². The maximum absolute atomic E-state index is 12.1. The van der Waals surface area contributed by atoms with Crippen LogP contribution in [0.15, 0.2) is 42.7 Å². The summed E-state index contributed by atoms with van der Waals surface area (Å²) in [6.07, 6.45) is 11.8. The molecule has 0 bridgehead atoms. The second-order valence-electron chi connectivity index (χ2n) is 12.1. The predicted molar refractivity (Wildman–Crippen MR) is 180 cm³/mol. The van der Waals surface area contributed by atoms with Crippen LogP contribution in [0.5, 0.6) is 0 Å². The number of aliphatic carboxylic acids is 1. The Balaban J connectivity index is 0.000000688. The number of aromatic nitrogens is 3. The first-order valence-electron chi connectivity index (χ1n) is 15.1. The molecule has 0 amide bonds. The van der Waals surface area contributed by atoms with Gasteiger partial charge in [0, 0.05) is 48.7 Å². The van der Waals surface area contributed by atoms with Crippen molar-refractivity contribution in [1.82, 2.24) is 19.4 Å². The number of carboxylic acids is 1. The number of aryl methyl sites for hydroxylation is 2. The quantitative estimate of drug-likeness (QED) is 0.219. The minimum Gasteiger partial charge on any atom is -0.481 e. The molecule has 1 aliphatic rings. The average Bonchev–Trinajstić information content (AvgIpc) is 3.31.